The zero-order chi connectivity index (χ0) is 26.0. The Hall–Kier alpha value is -4.35. The summed E-state index contributed by atoms with van der Waals surface area (Å²) in [5.41, 5.74) is 4.65. The van der Waals surface area contributed by atoms with E-state index in [9.17, 15) is 14.7 Å². The fourth-order valence-corrected chi connectivity index (χ4v) is 3.88. The summed E-state index contributed by atoms with van der Waals surface area (Å²) in [4.78, 5) is 24.3. The van der Waals surface area contributed by atoms with Gasteiger partial charge in [-0.25, -0.2) is 4.79 Å². The number of carboxylic acids is 1. The van der Waals surface area contributed by atoms with Gasteiger partial charge in [-0.2, -0.15) is 0 Å². The summed E-state index contributed by atoms with van der Waals surface area (Å²) in [6.07, 6.45) is 3.16. The monoisotopic (exact) mass is 511 g/mol. The van der Waals surface area contributed by atoms with Crippen molar-refractivity contribution >= 4 is 29.6 Å². The van der Waals surface area contributed by atoms with Gasteiger partial charge in [0.2, 0.25) is 5.91 Å². The SMILES string of the molecule is O=C(/C=C/c1cccc(-c2ccc(Cl)cc2)c1)NC(Cc1ccc(OCc2ccccc2)cc1)C(=O)O. The highest BCUT2D eigenvalue weighted by molar-refractivity contribution is 6.30. The number of amides is 1. The molecule has 4 rings (SSSR count). The van der Waals surface area contributed by atoms with Crippen molar-refractivity contribution < 1.29 is 19.4 Å². The minimum Gasteiger partial charge on any atom is -0.489 e. The van der Waals surface area contributed by atoms with Gasteiger partial charge in [-0.05, 0) is 64.2 Å². The Morgan fingerprint density at radius 2 is 1.57 bits per heavy atom. The van der Waals surface area contributed by atoms with Gasteiger partial charge in [0, 0.05) is 17.5 Å². The zero-order valence-corrected chi connectivity index (χ0v) is 20.8. The molecule has 0 saturated carbocycles. The predicted molar refractivity (Wildman–Crippen MR) is 146 cm³/mol. The van der Waals surface area contributed by atoms with Gasteiger partial charge in [-0.1, -0.05) is 84.4 Å². The van der Waals surface area contributed by atoms with Crippen molar-refractivity contribution in [2.75, 3.05) is 0 Å². The maximum atomic E-state index is 12.5. The molecule has 0 spiro atoms. The van der Waals surface area contributed by atoms with Crippen molar-refractivity contribution in [1.82, 2.24) is 5.32 Å². The summed E-state index contributed by atoms with van der Waals surface area (Å²) in [5.74, 6) is -0.893. The number of ether oxygens (including phenoxy) is 1. The molecule has 4 aromatic carbocycles. The number of nitrogens with one attached hydrogen (secondary N) is 1. The van der Waals surface area contributed by atoms with E-state index in [1.165, 1.54) is 6.08 Å². The molecule has 37 heavy (non-hydrogen) atoms. The summed E-state index contributed by atoms with van der Waals surface area (Å²) in [6.45, 7) is 0.447. The summed E-state index contributed by atoms with van der Waals surface area (Å²) in [6, 6.07) is 31.2. The van der Waals surface area contributed by atoms with Crippen molar-refractivity contribution in [3.8, 4) is 16.9 Å². The van der Waals surface area contributed by atoms with E-state index < -0.39 is 17.9 Å². The smallest absolute Gasteiger partial charge is 0.326 e. The lowest BCUT2D eigenvalue weighted by atomic mass is 10.0. The molecule has 2 N–H and O–H groups in total. The lowest BCUT2D eigenvalue weighted by molar-refractivity contribution is -0.141. The Bertz CT molecular complexity index is 1370. The average molecular weight is 512 g/mol. The van der Waals surface area contributed by atoms with E-state index in [0.717, 1.165) is 27.8 Å². The van der Waals surface area contributed by atoms with Crippen molar-refractivity contribution in [2.24, 2.45) is 0 Å². The van der Waals surface area contributed by atoms with E-state index in [2.05, 4.69) is 5.32 Å². The molecule has 186 valence electrons. The normalized spacial score (nSPS) is 11.7. The van der Waals surface area contributed by atoms with Crippen molar-refractivity contribution in [2.45, 2.75) is 19.1 Å². The maximum Gasteiger partial charge on any atom is 0.326 e. The first kappa shape index (κ1) is 25.7. The third-order valence-electron chi connectivity index (χ3n) is 5.72. The highest BCUT2D eigenvalue weighted by atomic mass is 35.5. The number of rotatable bonds is 10. The molecule has 0 aliphatic carbocycles. The van der Waals surface area contributed by atoms with Gasteiger partial charge in [-0.3, -0.25) is 4.79 Å². The van der Waals surface area contributed by atoms with Crippen LogP contribution in [0.5, 0.6) is 5.75 Å². The third kappa shape index (κ3) is 7.82. The Labute approximate surface area is 221 Å². The Kier molecular flexibility index (Phi) is 8.74. The van der Waals surface area contributed by atoms with Gasteiger partial charge in [-0.15, -0.1) is 0 Å². The summed E-state index contributed by atoms with van der Waals surface area (Å²) in [5, 5.41) is 12.9. The molecule has 0 radical (unpaired) electrons. The van der Waals surface area contributed by atoms with E-state index >= 15 is 0 Å². The molecule has 0 heterocycles. The standard InChI is InChI=1S/C31H26ClNO4/c32-27-14-12-25(13-15-27)26-8-4-7-22(19-26)11-18-30(34)33-29(31(35)36)20-23-9-16-28(17-10-23)37-21-24-5-2-1-3-6-24/h1-19,29H,20-21H2,(H,33,34)(H,35,36)/b18-11+. The van der Waals surface area contributed by atoms with Gasteiger partial charge >= 0.3 is 5.97 Å². The van der Waals surface area contributed by atoms with Crippen LogP contribution >= 0.6 is 11.6 Å². The van der Waals surface area contributed by atoms with E-state index in [4.69, 9.17) is 16.3 Å². The topological polar surface area (TPSA) is 75.6 Å². The number of hydrogen-bond donors (Lipinski definition) is 2. The predicted octanol–water partition coefficient (Wildman–Crippen LogP) is 6.41. The molecule has 0 aromatic heterocycles. The molecular weight excluding hydrogens is 486 g/mol. The second-order valence-electron chi connectivity index (χ2n) is 8.49. The summed E-state index contributed by atoms with van der Waals surface area (Å²) < 4.78 is 5.78. The Morgan fingerprint density at radius 3 is 2.27 bits per heavy atom. The molecule has 0 fully saturated rings. The van der Waals surface area contributed by atoms with Gasteiger partial charge in [0.25, 0.3) is 0 Å². The van der Waals surface area contributed by atoms with Gasteiger partial charge in [0.15, 0.2) is 0 Å². The van der Waals surface area contributed by atoms with E-state index in [-0.39, 0.29) is 6.42 Å². The fraction of sp³-hybridized carbons (Fsp3) is 0.0968. The molecule has 0 aliphatic heterocycles. The number of aliphatic carboxylic acids is 1. The molecule has 6 heteroatoms. The molecule has 1 amide bonds. The van der Waals surface area contributed by atoms with Crippen LogP contribution in [-0.2, 0) is 22.6 Å². The van der Waals surface area contributed by atoms with E-state index in [0.29, 0.717) is 17.4 Å². The van der Waals surface area contributed by atoms with Crippen LogP contribution in [0.2, 0.25) is 5.02 Å². The van der Waals surface area contributed by atoms with Gasteiger partial charge < -0.3 is 15.2 Å². The lowest BCUT2D eigenvalue weighted by Gasteiger charge is -2.14. The van der Waals surface area contributed by atoms with Crippen LogP contribution in [0.1, 0.15) is 16.7 Å². The average Bonchev–Trinajstić information content (AvgIpc) is 2.92. The summed E-state index contributed by atoms with van der Waals surface area (Å²) in [7, 11) is 0. The van der Waals surface area contributed by atoms with Crippen LogP contribution in [0.4, 0.5) is 0 Å². The van der Waals surface area contributed by atoms with E-state index in [1.807, 2.05) is 78.9 Å². The lowest BCUT2D eigenvalue weighted by Crippen LogP contribution is -2.41. The zero-order valence-electron chi connectivity index (χ0n) is 20.0. The fourth-order valence-electron chi connectivity index (χ4n) is 3.75. The highest BCUT2D eigenvalue weighted by Crippen LogP contribution is 2.23. The van der Waals surface area contributed by atoms with Crippen LogP contribution in [0, 0.1) is 0 Å². The van der Waals surface area contributed by atoms with Crippen LogP contribution in [0.15, 0.2) is 109 Å². The molecule has 0 bridgehead atoms. The Morgan fingerprint density at radius 1 is 0.838 bits per heavy atom. The largest absolute Gasteiger partial charge is 0.489 e. The number of carbonyl (C=O) groups is 2. The van der Waals surface area contributed by atoms with Gasteiger partial charge in [0.05, 0.1) is 0 Å². The number of carboxylic acid groups (broad SMARTS) is 1. The maximum absolute atomic E-state index is 12.5. The number of benzene rings is 4. The molecule has 0 saturated heterocycles. The van der Waals surface area contributed by atoms with Crippen LogP contribution in [0.25, 0.3) is 17.2 Å². The minimum atomic E-state index is -1.10. The van der Waals surface area contributed by atoms with Crippen LogP contribution in [0.3, 0.4) is 0 Å². The molecular formula is C31H26ClNO4. The quantitative estimate of drug-likeness (QED) is 0.241. The number of carbonyl (C=O) groups excluding carboxylic acids is 1. The number of hydrogen-bond acceptors (Lipinski definition) is 3. The van der Waals surface area contributed by atoms with Crippen LogP contribution in [-0.4, -0.2) is 23.0 Å². The first-order valence-corrected chi connectivity index (χ1v) is 12.2. The third-order valence-corrected chi connectivity index (χ3v) is 5.97. The molecule has 4 aromatic rings. The molecule has 1 unspecified atom stereocenters. The van der Waals surface area contributed by atoms with E-state index in [1.54, 1.807) is 30.3 Å². The highest BCUT2D eigenvalue weighted by Gasteiger charge is 2.19. The van der Waals surface area contributed by atoms with Crippen LogP contribution < -0.4 is 10.1 Å². The minimum absolute atomic E-state index is 0.153. The number of halogens is 1. The molecule has 1 atom stereocenters. The molecule has 5 nitrogen and oxygen atoms in total. The summed E-state index contributed by atoms with van der Waals surface area (Å²) >= 11 is 5.97. The first-order valence-electron chi connectivity index (χ1n) is 11.8. The Balaban J connectivity index is 1.34. The second kappa shape index (κ2) is 12.6. The van der Waals surface area contributed by atoms with Crippen molar-refractivity contribution in [3.05, 3.63) is 131 Å². The van der Waals surface area contributed by atoms with Gasteiger partial charge in [0.1, 0.15) is 18.4 Å². The molecule has 0 aliphatic rings. The van der Waals surface area contributed by atoms with Crippen molar-refractivity contribution in [1.29, 1.82) is 0 Å². The second-order valence-corrected chi connectivity index (χ2v) is 8.92. The first-order chi connectivity index (χ1) is 18.0. The van der Waals surface area contributed by atoms with Crippen molar-refractivity contribution in [3.63, 3.8) is 0 Å².